The molecule has 0 radical (unpaired) electrons. The Bertz CT molecular complexity index is 128. The summed E-state index contributed by atoms with van der Waals surface area (Å²) in [6.07, 6.45) is 0. The number of hydrogen-bond acceptors (Lipinski definition) is 2. The predicted molar refractivity (Wildman–Crippen MR) is 62.7 cm³/mol. The van der Waals surface area contributed by atoms with Crippen LogP contribution in [-0.2, 0) is 8.85 Å². The van der Waals surface area contributed by atoms with Crippen LogP contribution in [0.1, 0.15) is 34.6 Å². The minimum absolute atomic E-state index is 0.138. The summed E-state index contributed by atoms with van der Waals surface area (Å²) in [4.78, 5) is 0. The lowest BCUT2D eigenvalue weighted by Crippen LogP contribution is -2.44. The summed E-state index contributed by atoms with van der Waals surface area (Å²) in [6.45, 7) is 12.1. The van der Waals surface area contributed by atoms with E-state index in [0.717, 1.165) is 13.2 Å². The maximum atomic E-state index is 5.74. The van der Waals surface area contributed by atoms with Crippen molar-refractivity contribution in [3.63, 3.8) is 0 Å². The molecule has 0 saturated carbocycles. The van der Waals surface area contributed by atoms with Crippen molar-refractivity contribution in [3.8, 4) is 0 Å². The molecule has 0 aliphatic heterocycles. The molecule has 0 aromatic rings. The van der Waals surface area contributed by atoms with Crippen LogP contribution in [0.25, 0.3) is 0 Å². The third-order valence-corrected chi connectivity index (χ3v) is 11.4. The Hall–Kier alpha value is 0.867. The molecule has 0 bridgehead atoms. The van der Waals surface area contributed by atoms with Crippen molar-refractivity contribution < 1.29 is 8.85 Å². The average Bonchev–Trinajstić information content (AvgIpc) is 1.86. The Morgan fingerprint density at radius 3 is 1.58 bits per heavy atom. The Morgan fingerprint density at radius 2 is 1.42 bits per heavy atom. The van der Waals surface area contributed by atoms with Gasteiger partial charge in [0.05, 0.1) is 0 Å². The van der Waals surface area contributed by atoms with Crippen LogP contribution < -0.4 is 0 Å². The van der Waals surface area contributed by atoms with Crippen molar-refractivity contribution in [2.75, 3.05) is 13.2 Å². The molecule has 0 atom stereocenters. The summed E-state index contributed by atoms with van der Waals surface area (Å²) in [7, 11) is 0. The number of halogens is 1. The summed E-state index contributed by atoms with van der Waals surface area (Å²) in [5.74, 6) is 0. The van der Waals surface area contributed by atoms with Crippen LogP contribution >= 0.6 is 21.8 Å². The highest BCUT2D eigenvalue weighted by molar-refractivity contribution is 14.1. The second-order valence-corrected chi connectivity index (χ2v) is 11.1. The maximum Gasteiger partial charge on any atom is 0.413 e. The first-order valence-corrected chi connectivity index (χ1v) is 9.27. The fourth-order valence-electron chi connectivity index (χ4n) is 0.846. The van der Waals surface area contributed by atoms with E-state index in [0.29, 0.717) is 0 Å². The van der Waals surface area contributed by atoms with Crippen molar-refractivity contribution >= 4 is 27.9 Å². The molecule has 12 heavy (non-hydrogen) atoms. The van der Waals surface area contributed by atoms with Crippen molar-refractivity contribution in [3.05, 3.63) is 0 Å². The van der Waals surface area contributed by atoms with E-state index in [2.05, 4.69) is 42.6 Å². The molecule has 0 aromatic carbocycles. The van der Waals surface area contributed by atoms with Crippen LogP contribution in [0.3, 0.4) is 0 Å². The normalized spacial score (nSPS) is 13.5. The molecule has 4 heteroatoms. The third-order valence-electron chi connectivity index (χ3n) is 1.56. The lowest BCUT2D eigenvalue weighted by molar-refractivity contribution is 0.189. The predicted octanol–water partition coefficient (Wildman–Crippen LogP) is 3.23. The Kier molecular flexibility index (Phi) is 5.28. The fourth-order valence-corrected chi connectivity index (χ4v) is 4.41. The fraction of sp³-hybridized carbons (Fsp3) is 1.00. The summed E-state index contributed by atoms with van der Waals surface area (Å²) in [5, 5.41) is 0.138. The lowest BCUT2D eigenvalue weighted by Gasteiger charge is -2.35. The number of rotatable bonds is 4. The zero-order valence-corrected chi connectivity index (χ0v) is 11.8. The average molecular weight is 302 g/mol. The van der Waals surface area contributed by atoms with Gasteiger partial charge in [0.25, 0.3) is 0 Å². The molecule has 0 amide bonds. The van der Waals surface area contributed by atoms with E-state index in [1.54, 1.807) is 0 Å². The molecular weight excluding hydrogens is 283 g/mol. The van der Waals surface area contributed by atoms with Gasteiger partial charge in [-0.05, 0) is 35.6 Å². The molecule has 0 unspecified atom stereocenters. The van der Waals surface area contributed by atoms with Gasteiger partial charge in [-0.25, -0.2) is 0 Å². The molecular formula is C8H19IO2Si. The van der Waals surface area contributed by atoms with Gasteiger partial charge in [0, 0.05) is 18.3 Å². The summed E-state index contributed by atoms with van der Waals surface area (Å²) >= 11 is 2.38. The van der Waals surface area contributed by atoms with Crippen LogP contribution in [0.15, 0.2) is 0 Å². The second-order valence-electron chi connectivity index (χ2n) is 3.65. The van der Waals surface area contributed by atoms with E-state index in [1.807, 2.05) is 13.8 Å². The maximum absolute atomic E-state index is 5.74. The van der Waals surface area contributed by atoms with Crippen LogP contribution in [-0.4, -0.2) is 19.3 Å². The standard InChI is InChI=1S/C8H19IO2Si/c1-6-10-12(9,11-7-2)8(3,4)5/h6-7H2,1-5H3. The Morgan fingerprint density at radius 1 is 1.08 bits per heavy atom. The highest BCUT2D eigenvalue weighted by Gasteiger charge is 2.46. The lowest BCUT2D eigenvalue weighted by atomic mass is 10.3. The van der Waals surface area contributed by atoms with E-state index in [4.69, 9.17) is 8.85 Å². The van der Waals surface area contributed by atoms with Crippen LogP contribution in [0.2, 0.25) is 5.04 Å². The van der Waals surface area contributed by atoms with Crippen LogP contribution in [0, 0.1) is 0 Å². The Balaban J connectivity index is 4.38. The quantitative estimate of drug-likeness (QED) is 0.451. The molecule has 0 aromatic heterocycles. The molecule has 0 heterocycles. The molecule has 0 aliphatic carbocycles. The highest BCUT2D eigenvalue weighted by Crippen LogP contribution is 2.42. The molecule has 74 valence electrons. The summed E-state index contributed by atoms with van der Waals surface area (Å²) in [5.41, 5.74) is 0. The van der Waals surface area contributed by atoms with E-state index >= 15 is 0 Å². The molecule has 0 fully saturated rings. The first-order chi connectivity index (χ1) is 5.37. The van der Waals surface area contributed by atoms with Gasteiger partial charge in [-0.3, -0.25) is 0 Å². The van der Waals surface area contributed by atoms with Gasteiger partial charge in [0.1, 0.15) is 0 Å². The molecule has 0 N–H and O–H groups in total. The zero-order chi connectivity index (χ0) is 9.83. The zero-order valence-electron chi connectivity index (χ0n) is 8.61. The molecule has 0 spiro atoms. The smallest absolute Gasteiger partial charge is 0.387 e. The molecule has 0 saturated heterocycles. The largest absolute Gasteiger partial charge is 0.413 e. The van der Waals surface area contributed by atoms with Gasteiger partial charge < -0.3 is 8.85 Å². The highest BCUT2D eigenvalue weighted by atomic mass is 127. The van der Waals surface area contributed by atoms with E-state index in [9.17, 15) is 0 Å². The minimum atomic E-state index is -1.98. The number of hydrogen-bond donors (Lipinski definition) is 0. The van der Waals surface area contributed by atoms with Gasteiger partial charge in [0.15, 0.2) is 0 Å². The molecule has 0 aliphatic rings. The third kappa shape index (κ3) is 3.31. The van der Waals surface area contributed by atoms with Crippen molar-refractivity contribution in [1.29, 1.82) is 0 Å². The van der Waals surface area contributed by atoms with E-state index in [1.165, 1.54) is 0 Å². The second kappa shape index (κ2) is 4.93. The topological polar surface area (TPSA) is 18.5 Å². The van der Waals surface area contributed by atoms with Crippen LogP contribution in [0.5, 0.6) is 0 Å². The monoisotopic (exact) mass is 302 g/mol. The first-order valence-electron chi connectivity index (χ1n) is 4.34. The first kappa shape index (κ1) is 12.9. The van der Waals surface area contributed by atoms with Crippen LogP contribution in [0.4, 0.5) is 0 Å². The van der Waals surface area contributed by atoms with Crippen molar-refractivity contribution in [2.45, 2.75) is 39.7 Å². The van der Waals surface area contributed by atoms with Gasteiger partial charge in [-0.2, -0.15) is 0 Å². The van der Waals surface area contributed by atoms with E-state index < -0.39 is 6.06 Å². The van der Waals surface area contributed by atoms with Gasteiger partial charge in [-0.15, -0.1) is 0 Å². The van der Waals surface area contributed by atoms with Gasteiger partial charge in [-0.1, -0.05) is 20.8 Å². The van der Waals surface area contributed by atoms with Gasteiger partial charge >= 0.3 is 6.06 Å². The van der Waals surface area contributed by atoms with E-state index in [-0.39, 0.29) is 5.04 Å². The summed E-state index contributed by atoms with van der Waals surface area (Å²) in [6, 6.07) is -1.98. The minimum Gasteiger partial charge on any atom is -0.387 e. The van der Waals surface area contributed by atoms with Crippen molar-refractivity contribution in [2.24, 2.45) is 0 Å². The molecule has 0 rings (SSSR count). The van der Waals surface area contributed by atoms with Gasteiger partial charge in [0.2, 0.25) is 0 Å². The SMILES string of the molecule is CCO[Si](I)(OCC)C(C)(C)C. The van der Waals surface area contributed by atoms with Crippen molar-refractivity contribution in [1.82, 2.24) is 0 Å². The Labute approximate surface area is 89.5 Å². The summed E-state index contributed by atoms with van der Waals surface area (Å²) < 4.78 is 11.5. The molecule has 2 nitrogen and oxygen atoms in total.